The van der Waals surface area contributed by atoms with E-state index in [1.807, 2.05) is 0 Å². The Balaban J connectivity index is 4.92. The zero-order valence-corrected chi connectivity index (χ0v) is 7.63. The second-order valence-electron chi connectivity index (χ2n) is 2.77. The summed E-state index contributed by atoms with van der Waals surface area (Å²) in [6.45, 7) is 0. The summed E-state index contributed by atoms with van der Waals surface area (Å²) in [5.41, 5.74) is 0. The molecule has 3 N–H and O–H groups in total. The number of carbonyl (C=O) groups excluding carboxylic acids is 1. The molecule has 1 amide bonds. The van der Waals surface area contributed by atoms with E-state index in [0.29, 0.717) is 5.32 Å². The molecule has 0 fully saturated rings. The van der Waals surface area contributed by atoms with Crippen LogP contribution in [-0.2, 0) is 9.59 Å². The molecule has 11 heteroatoms. The van der Waals surface area contributed by atoms with Crippen LogP contribution in [0, 0.1) is 0 Å². The summed E-state index contributed by atoms with van der Waals surface area (Å²) in [6.07, 6.45) is -14.7. The lowest BCUT2D eigenvalue weighted by Crippen LogP contribution is -2.56. The first kappa shape index (κ1) is 15.5. The molecule has 0 heterocycles. The monoisotopic (exact) mass is 269 g/mol. The first-order valence-corrected chi connectivity index (χ1v) is 3.72. The lowest BCUT2D eigenvalue weighted by Gasteiger charge is -2.22. The van der Waals surface area contributed by atoms with Gasteiger partial charge in [0.2, 0.25) is 0 Å². The Bertz CT molecular complexity index is 311. The predicted octanol–water partition coefficient (Wildman–Crippen LogP) is 0.0413. The van der Waals surface area contributed by atoms with Gasteiger partial charge in [0, 0.05) is 0 Å². The first-order valence-electron chi connectivity index (χ1n) is 3.72. The summed E-state index contributed by atoms with van der Waals surface area (Å²) in [4.78, 5) is 20.4. The van der Waals surface area contributed by atoms with Crippen molar-refractivity contribution < 1.29 is 46.1 Å². The van der Waals surface area contributed by atoms with Gasteiger partial charge in [-0.3, -0.25) is 4.79 Å². The van der Waals surface area contributed by atoms with Crippen LogP contribution in [0.15, 0.2) is 0 Å². The van der Waals surface area contributed by atoms with Gasteiger partial charge in [-0.05, 0) is 0 Å². The molecule has 0 bridgehead atoms. The Kier molecular flexibility index (Phi) is 4.35. The molecule has 0 aromatic rings. The van der Waals surface area contributed by atoms with E-state index >= 15 is 0 Å². The fourth-order valence-electron chi connectivity index (χ4n) is 0.688. The highest BCUT2D eigenvalue weighted by atomic mass is 19.4. The van der Waals surface area contributed by atoms with E-state index in [1.54, 1.807) is 0 Å². The molecule has 0 radical (unpaired) electrons. The van der Waals surface area contributed by atoms with Gasteiger partial charge in [-0.2, -0.15) is 26.3 Å². The van der Waals surface area contributed by atoms with Crippen LogP contribution in [0.3, 0.4) is 0 Å². The Morgan fingerprint density at radius 1 is 1.06 bits per heavy atom. The van der Waals surface area contributed by atoms with E-state index in [-0.39, 0.29) is 0 Å². The second-order valence-corrected chi connectivity index (χ2v) is 2.77. The van der Waals surface area contributed by atoms with Gasteiger partial charge in [-0.25, -0.2) is 4.79 Å². The van der Waals surface area contributed by atoms with Gasteiger partial charge in [0.05, 0.1) is 0 Å². The molecule has 5 nitrogen and oxygen atoms in total. The van der Waals surface area contributed by atoms with Crippen LogP contribution >= 0.6 is 0 Å². The summed E-state index contributed by atoms with van der Waals surface area (Å²) in [5.74, 6) is -5.35. The van der Waals surface area contributed by atoms with E-state index in [0.717, 1.165) is 0 Å². The number of nitrogens with one attached hydrogen (secondary N) is 1. The molecule has 0 aromatic carbocycles. The van der Waals surface area contributed by atoms with E-state index < -0.39 is 36.4 Å². The first-order chi connectivity index (χ1) is 7.37. The Morgan fingerprint density at radius 2 is 1.47 bits per heavy atom. The van der Waals surface area contributed by atoms with Crippen molar-refractivity contribution in [2.75, 3.05) is 0 Å². The van der Waals surface area contributed by atoms with Crippen molar-refractivity contribution in [3.63, 3.8) is 0 Å². The van der Waals surface area contributed by atoms with Crippen molar-refractivity contribution in [3.05, 3.63) is 0 Å². The highest BCUT2D eigenvalue weighted by Crippen LogP contribution is 2.23. The van der Waals surface area contributed by atoms with Crippen LogP contribution in [-0.4, -0.2) is 46.6 Å². The standard InChI is InChI=1S/C6H5F6NO4/c7-5(8,9)2(14)1(3(15)16)13-4(17)6(10,11)12/h1-2,14H,(H,13,17)(H,15,16). The molecule has 0 aromatic heterocycles. The minimum absolute atomic E-state index is 0.529. The van der Waals surface area contributed by atoms with E-state index in [1.165, 1.54) is 0 Å². The molecule has 2 atom stereocenters. The maximum atomic E-state index is 11.9. The van der Waals surface area contributed by atoms with Gasteiger partial charge < -0.3 is 15.5 Å². The van der Waals surface area contributed by atoms with Gasteiger partial charge in [-0.1, -0.05) is 0 Å². The number of aliphatic hydroxyl groups excluding tert-OH is 1. The molecule has 100 valence electrons. The number of halogens is 6. The van der Waals surface area contributed by atoms with Gasteiger partial charge in [0.25, 0.3) is 0 Å². The minimum Gasteiger partial charge on any atom is -0.480 e. The second kappa shape index (κ2) is 4.77. The fraction of sp³-hybridized carbons (Fsp3) is 0.667. The lowest BCUT2D eigenvalue weighted by atomic mass is 10.1. The molecular formula is C6H5F6NO4. The zero-order valence-electron chi connectivity index (χ0n) is 7.63. The van der Waals surface area contributed by atoms with Gasteiger partial charge in [0.1, 0.15) is 0 Å². The summed E-state index contributed by atoms with van der Waals surface area (Å²) in [5, 5.41) is 17.2. The quantitative estimate of drug-likeness (QED) is 0.631. The number of carboxylic acids is 1. The maximum absolute atomic E-state index is 11.9. The molecule has 0 saturated heterocycles. The predicted molar refractivity (Wildman–Crippen MR) is 37.7 cm³/mol. The number of amides is 1. The van der Waals surface area contributed by atoms with Crippen molar-refractivity contribution in [2.45, 2.75) is 24.5 Å². The van der Waals surface area contributed by atoms with Gasteiger partial charge >= 0.3 is 24.2 Å². The topological polar surface area (TPSA) is 86.6 Å². The van der Waals surface area contributed by atoms with Crippen LogP contribution < -0.4 is 5.32 Å². The summed E-state index contributed by atoms with van der Waals surface area (Å²) in [6, 6.07) is -3.14. The number of hydrogen-bond donors (Lipinski definition) is 3. The van der Waals surface area contributed by atoms with Crippen LogP contribution in [0.2, 0.25) is 0 Å². The van der Waals surface area contributed by atoms with Crippen molar-refractivity contribution >= 4 is 11.9 Å². The molecule has 0 aliphatic rings. The smallest absolute Gasteiger partial charge is 0.471 e. The van der Waals surface area contributed by atoms with Gasteiger partial charge in [0.15, 0.2) is 12.1 Å². The highest BCUT2D eigenvalue weighted by Gasteiger charge is 2.50. The molecular weight excluding hydrogens is 264 g/mol. The van der Waals surface area contributed by atoms with Crippen molar-refractivity contribution in [1.29, 1.82) is 0 Å². The number of rotatable bonds is 3. The van der Waals surface area contributed by atoms with Crippen LogP contribution in [0.4, 0.5) is 26.3 Å². The molecule has 0 aliphatic carbocycles. The van der Waals surface area contributed by atoms with Crippen molar-refractivity contribution in [2.24, 2.45) is 0 Å². The number of alkyl halides is 6. The minimum atomic E-state index is -5.56. The Morgan fingerprint density at radius 3 is 1.71 bits per heavy atom. The number of hydrogen-bond acceptors (Lipinski definition) is 3. The lowest BCUT2D eigenvalue weighted by molar-refractivity contribution is -0.218. The number of aliphatic hydroxyl groups is 1. The zero-order chi connectivity index (χ0) is 14.0. The largest absolute Gasteiger partial charge is 0.480 e. The summed E-state index contributed by atoms with van der Waals surface area (Å²) >= 11 is 0. The van der Waals surface area contributed by atoms with Gasteiger partial charge in [-0.15, -0.1) is 0 Å². The number of carbonyl (C=O) groups is 2. The molecule has 0 spiro atoms. The molecule has 0 rings (SSSR count). The van der Waals surface area contributed by atoms with Crippen LogP contribution in [0.25, 0.3) is 0 Å². The third kappa shape index (κ3) is 4.46. The summed E-state index contributed by atoms with van der Waals surface area (Å²) in [7, 11) is 0. The average Bonchev–Trinajstić information content (AvgIpc) is 2.08. The van der Waals surface area contributed by atoms with Crippen molar-refractivity contribution in [1.82, 2.24) is 5.32 Å². The van der Waals surface area contributed by atoms with Crippen LogP contribution in [0.1, 0.15) is 0 Å². The maximum Gasteiger partial charge on any atom is 0.471 e. The molecule has 0 saturated carbocycles. The van der Waals surface area contributed by atoms with Crippen molar-refractivity contribution in [3.8, 4) is 0 Å². The summed E-state index contributed by atoms with van der Waals surface area (Å²) < 4.78 is 70.6. The van der Waals surface area contributed by atoms with Crippen LogP contribution in [0.5, 0.6) is 0 Å². The third-order valence-electron chi connectivity index (χ3n) is 1.46. The molecule has 0 aliphatic heterocycles. The Hall–Kier alpha value is -1.52. The van der Waals surface area contributed by atoms with E-state index in [9.17, 15) is 35.9 Å². The number of aliphatic carboxylic acids is 1. The SMILES string of the molecule is O=C(O)C(NC(=O)C(F)(F)F)C(O)C(F)(F)F. The normalized spacial score (nSPS) is 16.2. The Labute approximate surface area is 89.0 Å². The van der Waals surface area contributed by atoms with E-state index in [2.05, 4.69) is 0 Å². The van der Waals surface area contributed by atoms with E-state index in [4.69, 9.17) is 10.2 Å². The molecule has 17 heavy (non-hydrogen) atoms. The number of carboxylic acid groups (broad SMARTS) is 1. The average molecular weight is 269 g/mol. The highest BCUT2D eigenvalue weighted by molar-refractivity contribution is 5.87. The fourth-order valence-corrected chi connectivity index (χ4v) is 0.688. The molecule has 2 unspecified atom stereocenters. The third-order valence-corrected chi connectivity index (χ3v) is 1.46.